The molecular formula is C11H20N4O. The smallest absolute Gasteiger partial charge is 0.141 e. The fraction of sp³-hybridized carbons (Fsp3) is 0.636. The lowest BCUT2D eigenvalue weighted by atomic mass is 10.3. The molecule has 1 aromatic rings. The van der Waals surface area contributed by atoms with Crippen LogP contribution in [0.3, 0.4) is 0 Å². The number of nitrogen functional groups attached to an aromatic ring is 1. The van der Waals surface area contributed by atoms with Crippen LogP contribution in [-0.2, 0) is 11.3 Å². The van der Waals surface area contributed by atoms with E-state index in [0.29, 0.717) is 11.9 Å². The van der Waals surface area contributed by atoms with Gasteiger partial charge in [0.1, 0.15) is 5.82 Å². The van der Waals surface area contributed by atoms with Crippen LogP contribution in [0.15, 0.2) is 12.4 Å². The van der Waals surface area contributed by atoms with E-state index in [9.17, 15) is 0 Å². The first kappa shape index (κ1) is 12.9. The van der Waals surface area contributed by atoms with Crippen LogP contribution >= 0.6 is 0 Å². The highest BCUT2D eigenvalue weighted by atomic mass is 16.5. The lowest BCUT2D eigenvalue weighted by Gasteiger charge is -2.25. The average Bonchev–Trinajstić information content (AvgIpc) is 2.26. The molecule has 0 amide bonds. The van der Waals surface area contributed by atoms with Crippen LogP contribution in [0.1, 0.15) is 19.5 Å². The Bertz CT molecular complexity index is 299. The number of nitrogens with zero attached hydrogens (tertiary/aromatic N) is 3. The summed E-state index contributed by atoms with van der Waals surface area (Å²) in [6, 6.07) is 0.453. The molecule has 0 bridgehead atoms. The second-order valence-corrected chi connectivity index (χ2v) is 3.99. The Morgan fingerprint density at radius 3 is 2.62 bits per heavy atom. The van der Waals surface area contributed by atoms with Gasteiger partial charge in [-0.15, -0.1) is 0 Å². The Labute approximate surface area is 96.6 Å². The summed E-state index contributed by atoms with van der Waals surface area (Å²) in [6.07, 6.45) is 3.31. The summed E-state index contributed by atoms with van der Waals surface area (Å²) in [5.74, 6) is 0.455. The van der Waals surface area contributed by atoms with Crippen molar-refractivity contribution in [2.24, 2.45) is 0 Å². The van der Waals surface area contributed by atoms with Gasteiger partial charge in [-0.25, -0.2) is 4.98 Å². The maximum absolute atomic E-state index is 5.49. The van der Waals surface area contributed by atoms with E-state index in [1.54, 1.807) is 19.5 Å². The number of rotatable bonds is 6. The molecule has 0 aliphatic heterocycles. The van der Waals surface area contributed by atoms with Crippen LogP contribution in [0.5, 0.6) is 0 Å². The topological polar surface area (TPSA) is 64.3 Å². The zero-order valence-corrected chi connectivity index (χ0v) is 10.2. The van der Waals surface area contributed by atoms with Gasteiger partial charge in [0.15, 0.2) is 0 Å². The van der Waals surface area contributed by atoms with Gasteiger partial charge in [-0.3, -0.25) is 9.88 Å². The van der Waals surface area contributed by atoms with E-state index in [0.717, 1.165) is 25.4 Å². The Morgan fingerprint density at radius 1 is 1.38 bits per heavy atom. The fourth-order valence-electron chi connectivity index (χ4n) is 1.38. The Balaban J connectivity index is 2.57. The fourth-order valence-corrected chi connectivity index (χ4v) is 1.38. The van der Waals surface area contributed by atoms with Gasteiger partial charge in [0.05, 0.1) is 24.7 Å². The first-order chi connectivity index (χ1) is 7.63. The molecule has 90 valence electrons. The van der Waals surface area contributed by atoms with Crippen molar-refractivity contribution in [3.05, 3.63) is 18.1 Å². The SMILES string of the molecule is COCCN(Cc1cnc(N)cn1)C(C)C. The molecule has 16 heavy (non-hydrogen) atoms. The van der Waals surface area contributed by atoms with Crippen LogP contribution in [0, 0.1) is 0 Å². The highest BCUT2D eigenvalue weighted by Crippen LogP contribution is 2.05. The molecule has 0 unspecified atom stereocenters. The number of hydrogen-bond donors (Lipinski definition) is 1. The van der Waals surface area contributed by atoms with Crippen molar-refractivity contribution >= 4 is 5.82 Å². The van der Waals surface area contributed by atoms with Crippen LogP contribution in [0.4, 0.5) is 5.82 Å². The normalized spacial score (nSPS) is 11.3. The number of aromatic nitrogens is 2. The molecule has 2 N–H and O–H groups in total. The maximum Gasteiger partial charge on any atom is 0.141 e. The van der Waals surface area contributed by atoms with Gasteiger partial charge in [-0.05, 0) is 13.8 Å². The highest BCUT2D eigenvalue weighted by molar-refractivity contribution is 5.22. The third kappa shape index (κ3) is 4.12. The predicted octanol–water partition coefficient (Wildman–Crippen LogP) is 0.916. The second kappa shape index (κ2) is 6.40. The van der Waals surface area contributed by atoms with Gasteiger partial charge in [0.25, 0.3) is 0 Å². The number of anilines is 1. The standard InChI is InChI=1S/C11H20N4O/c1-9(2)15(4-5-16-3)8-10-6-14-11(12)7-13-10/h6-7,9H,4-5,8H2,1-3H3,(H2,12,14). The van der Waals surface area contributed by atoms with Gasteiger partial charge in [0, 0.05) is 26.2 Å². The lowest BCUT2D eigenvalue weighted by Crippen LogP contribution is -2.33. The second-order valence-electron chi connectivity index (χ2n) is 3.99. The average molecular weight is 224 g/mol. The van der Waals surface area contributed by atoms with Gasteiger partial charge in [-0.1, -0.05) is 0 Å². The molecule has 0 saturated heterocycles. The molecule has 0 saturated carbocycles. The van der Waals surface area contributed by atoms with E-state index >= 15 is 0 Å². The zero-order valence-electron chi connectivity index (χ0n) is 10.2. The molecule has 0 radical (unpaired) electrons. The first-order valence-electron chi connectivity index (χ1n) is 5.43. The van der Waals surface area contributed by atoms with Crippen LogP contribution < -0.4 is 5.73 Å². The quantitative estimate of drug-likeness (QED) is 0.778. The van der Waals surface area contributed by atoms with Crippen LogP contribution in [0.25, 0.3) is 0 Å². The highest BCUT2D eigenvalue weighted by Gasteiger charge is 2.10. The van der Waals surface area contributed by atoms with E-state index in [4.69, 9.17) is 10.5 Å². The minimum atomic E-state index is 0.453. The number of methoxy groups -OCH3 is 1. The molecule has 0 atom stereocenters. The summed E-state index contributed by atoms with van der Waals surface area (Å²) in [4.78, 5) is 10.5. The molecule has 1 rings (SSSR count). The molecule has 0 fully saturated rings. The summed E-state index contributed by atoms with van der Waals surface area (Å²) >= 11 is 0. The van der Waals surface area contributed by atoms with Crippen molar-refractivity contribution in [2.45, 2.75) is 26.4 Å². The van der Waals surface area contributed by atoms with Crippen LogP contribution in [-0.4, -0.2) is 41.2 Å². The molecule has 0 aliphatic rings. The largest absolute Gasteiger partial charge is 0.383 e. The summed E-state index contributed by atoms with van der Waals surface area (Å²) in [5, 5.41) is 0. The van der Waals surface area contributed by atoms with Crippen LogP contribution in [0.2, 0.25) is 0 Å². The van der Waals surface area contributed by atoms with E-state index in [1.807, 2.05) is 0 Å². The van der Waals surface area contributed by atoms with Gasteiger partial charge in [-0.2, -0.15) is 0 Å². The van der Waals surface area contributed by atoms with Crippen molar-refractivity contribution < 1.29 is 4.74 Å². The summed E-state index contributed by atoms with van der Waals surface area (Å²) in [5.41, 5.74) is 6.42. The minimum Gasteiger partial charge on any atom is -0.383 e. The minimum absolute atomic E-state index is 0.453. The molecule has 1 heterocycles. The van der Waals surface area contributed by atoms with Crippen molar-refractivity contribution in [2.75, 3.05) is 26.0 Å². The van der Waals surface area contributed by atoms with Gasteiger partial charge in [0.2, 0.25) is 0 Å². The maximum atomic E-state index is 5.49. The Hall–Kier alpha value is -1.20. The molecule has 5 nitrogen and oxygen atoms in total. The molecular weight excluding hydrogens is 204 g/mol. The van der Waals surface area contributed by atoms with Crippen molar-refractivity contribution in [3.8, 4) is 0 Å². The zero-order chi connectivity index (χ0) is 12.0. The third-order valence-electron chi connectivity index (χ3n) is 2.40. The number of nitrogens with two attached hydrogens (primary N) is 1. The molecule has 5 heteroatoms. The van der Waals surface area contributed by atoms with Gasteiger partial charge >= 0.3 is 0 Å². The number of ether oxygens (including phenoxy) is 1. The van der Waals surface area contributed by atoms with Crippen molar-refractivity contribution in [1.82, 2.24) is 14.9 Å². The Morgan fingerprint density at radius 2 is 2.12 bits per heavy atom. The summed E-state index contributed by atoms with van der Waals surface area (Å²) < 4.78 is 5.08. The molecule has 0 aliphatic carbocycles. The molecule has 1 aromatic heterocycles. The van der Waals surface area contributed by atoms with Crippen molar-refractivity contribution in [3.63, 3.8) is 0 Å². The summed E-state index contributed by atoms with van der Waals surface area (Å²) in [6.45, 7) is 6.69. The molecule has 0 aromatic carbocycles. The third-order valence-corrected chi connectivity index (χ3v) is 2.40. The van der Waals surface area contributed by atoms with Gasteiger partial charge < -0.3 is 10.5 Å². The first-order valence-corrected chi connectivity index (χ1v) is 5.43. The summed E-state index contributed by atoms with van der Waals surface area (Å²) in [7, 11) is 1.71. The Kier molecular flexibility index (Phi) is 5.14. The lowest BCUT2D eigenvalue weighted by molar-refractivity contribution is 0.124. The number of hydrogen-bond acceptors (Lipinski definition) is 5. The van der Waals surface area contributed by atoms with E-state index < -0.39 is 0 Å². The van der Waals surface area contributed by atoms with Crippen molar-refractivity contribution in [1.29, 1.82) is 0 Å². The predicted molar refractivity (Wildman–Crippen MR) is 63.9 cm³/mol. The van der Waals surface area contributed by atoms with E-state index in [2.05, 4.69) is 28.7 Å². The monoisotopic (exact) mass is 224 g/mol. The van der Waals surface area contributed by atoms with E-state index in [1.165, 1.54) is 0 Å². The van der Waals surface area contributed by atoms with E-state index in [-0.39, 0.29) is 0 Å². The molecule has 0 spiro atoms.